The van der Waals surface area contributed by atoms with E-state index in [1.165, 1.54) is 36.4 Å². The molecule has 0 spiro atoms. The van der Waals surface area contributed by atoms with Gasteiger partial charge < -0.3 is 9.47 Å². The van der Waals surface area contributed by atoms with Crippen molar-refractivity contribution < 1.29 is 24.0 Å². The van der Waals surface area contributed by atoms with E-state index in [9.17, 15) is 19.7 Å². The normalized spacial score (nSPS) is 10.9. The fourth-order valence-electron chi connectivity index (χ4n) is 2.73. The molecule has 0 aromatic heterocycles. The van der Waals surface area contributed by atoms with Crippen molar-refractivity contribution in [3.63, 3.8) is 0 Å². The van der Waals surface area contributed by atoms with Crippen molar-refractivity contribution in [2.75, 3.05) is 7.11 Å². The summed E-state index contributed by atoms with van der Waals surface area (Å²) in [5.41, 5.74) is 1.73. The van der Waals surface area contributed by atoms with E-state index in [0.717, 1.165) is 11.3 Å². The fourth-order valence-corrected chi connectivity index (χ4v) is 2.73. The predicted octanol–water partition coefficient (Wildman–Crippen LogP) is 5.12. The molecule has 0 atom stereocenters. The van der Waals surface area contributed by atoms with Crippen LogP contribution >= 0.6 is 0 Å². The number of ketones is 1. The molecule has 0 fully saturated rings. The molecule has 0 saturated heterocycles. The molecule has 0 unspecified atom stereocenters. The van der Waals surface area contributed by atoms with Gasteiger partial charge in [-0.2, -0.15) is 0 Å². The Balaban J connectivity index is 1.61. The molecular formula is C25H19NO6. The average Bonchev–Trinajstić information content (AvgIpc) is 2.82. The number of non-ortho nitro benzene ring substituents is 1. The molecular weight excluding hydrogens is 410 g/mol. The number of nitro benzene ring substituents is 1. The minimum absolute atomic E-state index is 0.0823. The molecule has 0 N–H and O–H groups in total. The fraction of sp³-hybridized carbons (Fsp3) is 0.0400. The van der Waals surface area contributed by atoms with E-state index in [1.54, 1.807) is 55.7 Å². The van der Waals surface area contributed by atoms with E-state index in [1.807, 2.05) is 12.1 Å². The molecule has 0 bridgehead atoms. The quantitative estimate of drug-likeness (QED) is 0.123. The third-order valence-corrected chi connectivity index (χ3v) is 4.39. The predicted molar refractivity (Wildman–Crippen MR) is 121 cm³/mol. The smallest absolute Gasteiger partial charge is 0.336 e. The molecule has 0 amide bonds. The Bertz CT molecular complexity index is 1180. The number of rotatable bonds is 8. The number of hydrogen-bond donors (Lipinski definition) is 0. The van der Waals surface area contributed by atoms with Gasteiger partial charge in [0, 0.05) is 23.8 Å². The second-order valence-electron chi connectivity index (χ2n) is 6.60. The van der Waals surface area contributed by atoms with Crippen LogP contribution in [0.2, 0.25) is 0 Å². The highest BCUT2D eigenvalue weighted by molar-refractivity contribution is 6.06. The van der Waals surface area contributed by atoms with Gasteiger partial charge in [-0.25, -0.2) is 4.79 Å². The largest absolute Gasteiger partial charge is 0.497 e. The van der Waals surface area contributed by atoms with Gasteiger partial charge in [-0.05, 0) is 59.7 Å². The molecule has 7 nitrogen and oxygen atoms in total. The molecule has 7 heteroatoms. The Hall–Kier alpha value is -4.52. The van der Waals surface area contributed by atoms with Gasteiger partial charge in [0.25, 0.3) is 5.69 Å². The lowest BCUT2D eigenvalue weighted by Crippen LogP contribution is -2.03. The number of carbonyl (C=O) groups is 2. The highest BCUT2D eigenvalue weighted by Crippen LogP contribution is 2.17. The van der Waals surface area contributed by atoms with Gasteiger partial charge in [0.1, 0.15) is 11.5 Å². The average molecular weight is 429 g/mol. The van der Waals surface area contributed by atoms with Gasteiger partial charge in [0.2, 0.25) is 0 Å². The van der Waals surface area contributed by atoms with Crippen LogP contribution in [0.5, 0.6) is 11.5 Å². The zero-order valence-electron chi connectivity index (χ0n) is 17.1. The Morgan fingerprint density at radius 3 is 2.19 bits per heavy atom. The van der Waals surface area contributed by atoms with Crippen molar-refractivity contribution in [2.45, 2.75) is 0 Å². The summed E-state index contributed by atoms with van der Waals surface area (Å²) in [6.45, 7) is 0. The van der Waals surface area contributed by atoms with E-state index in [0.29, 0.717) is 16.9 Å². The topological polar surface area (TPSA) is 95.7 Å². The van der Waals surface area contributed by atoms with Crippen LogP contribution in [0.25, 0.3) is 12.2 Å². The third kappa shape index (κ3) is 6.24. The van der Waals surface area contributed by atoms with Gasteiger partial charge in [0.15, 0.2) is 5.78 Å². The molecule has 0 aliphatic heterocycles. The van der Waals surface area contributed by atoms with E-state index in [4.69, 9.17) is 9.47 Å². The van der Waals surface area contributed by atoms with Gasteiger partial charge in [-0.1, -0.05) is 30.3 Å². The Morgan fingerprint density at radius 2 is 1.53 bits per heavy atom. The molecule has 0 heterocycles. The number of nitrogens with zero attached hydrogens (tertiary/aromatic N) is 1. The van der Waals surface area contributed by atoms with Crippen molar-refractivity contribution in [3.05, 3.63) is 112 Å². The van der Waals surface area contributed by atoms with Crippen LogP contribution in [0.15, 0.2) is 84.9 Å². The first-order chi connectivity index (χ1) is 15.4. The van der Waals surface area contributed by atoms with Crippen LogP contribution in [-0.2, 0) is 4.79 Å². The first kappa shape index (κ1) is 22.2. The SMILES string of the molecule is COc1ccc(/C=C/C(=O)Oc2cccc(/C=C/C(=O)c3ccc([N+](=O)[O-])cc3)c2)cc1. The van der Waals surface area contributed by atoms with Gasteiger partial charge in [-0.3, -0.25) is 14.9 Å². The molecule has 0 aliphatic rings. The number of hydrogen-bond acceptors (Lipinski definition) is 6. The van der Waals surface area contributed by atoms with Crippen molar-refractivity contribution in [1.29, 1.82) is 0 Å². The molecule has 3 aromatic rings. The Kier molecular flexibility index (Phi) is 7.27. The van der Waals surface area contributed by atoms with Crippen LogP contribution in [0, 0.1) is 10.1 Å². The van der Waals surface area contributed by atoms with Crippen LogP contribution in [0.3, 0.4) is 0 Å². The van der Waals surface area contributed by atoms with Crippen molar-refractivity contribution in [3.8, 4) is 11.5 Å². The first-order valence-corrected chi connectivity index (χ1v) is 9.55. The summed E-state index contributed by atoms with van der Waals surface area (Å²) >= 11 is 0. The lowest BCUT2D eigenvalue weighted by Gasteiger charge is -2.03. The minimum atomic E-state index is -0.538. The van der Waals surface area contributed by atoms with Crippen LogP contribution in [0.4, 0.5) is 5.69 Å². The van der Waals surface area contributed by atoms with E-state index >= 15 is 0 Å². The zero-order valence-corrected chi connectivity index (χ0v) is 17.1. The number of nitro groups is 1. The summed E-state index contributed by atoms with van der Waals surface area (Å²) in [6.07, 6.45) is 5.89. The molecule has 0 saturated carbocycles. The van der Waals surface area contributed by atoms with Gasteiger partial charge >= 0.3 is 5.97 Å². The summed E-state index contributed by atoms with van der Waals surface area (Å²) in [6, 6.07) is 19.3. The number of ether oxygens (including phenoxy) is 2. The standard InChI is InChI=1S/C25H19NO6/c1-31-22-13-5-18(6-14-22)8-16-25(28)32-23-4-2-3-19(17-23)7-15-24(27)20-9-11-21(12-10-20)26(29)30/h2-17H,1H3/b15-7+,16-8+. The Morgan fingerprint density at radius 1 is 0.844 bits per heavy atom. The maximum atomic E-state index is 12.3. The zero-order chi connectivity index (χ0) is 22.9. The van der Waals surface area contributed by atoms with Gasteiger partial charge in [0.05, 0.1) is 12.0 Å². The van der Waals surface area contributed by atoms with Crippen LogP contribution < -0.4 is 9.47 Å². The molecule has 0 radical (unpaired) electrons. The van der Waals surface area contributed by atoms with Crippen LogP contribution in [0.1, 0.15) is 21.5 Å². The summed E-state index contributed by atoms with van der Waals surface area (Å²) in [5, 5.41) is 10.7. The minimum Gasteiger partial charge on any atom is -0.497 e. The highest BCUT2D eigenvalue weighted by Gasteiger charge is 2.07. The van der Waals surface area contributed by atoms with E-state index in [-0.39, 0.29) is 11.5 Å². The first-order valence-electron chi connectivity index (χ1n) is 9.55. The number of esters is 1. The van der Waals surface area contributed by atoms with Crippen molar-refractivity contribution >= 4 is 29.6 Å². The maximum absolute atomic E-state index is 12.3. The lowest BCUT2D eigenvalue weighted by atomic mass is 10.1. The van der Waals surface area contributed by atoms with Crippen molar-refractivity contribution in [1.82, 2.24) is 0 Å². The number of allylic oxidation sites excluding steroid dienone is 1. The van der Waals surface area contributed by atoms with Gasteiger partial charge in [-0.15, -0.1) is 0 Å². The highest BCUT2D eigenvalue weighted by atomic mass is 16.6. The summed E-state index contributed by atoms with van der Waals surface area (Å²) in [7, 11) is 1.58. The summed E-state index contributed by atoms with van der Waals surface area (Å²) in [4.78, 5) is 34.5. The summed E-state index contributed by atoms with van der Waals surface area (Å²) in [5.74, 6) is 0.217. The number of benzene rings is 3. The van der Waals surface area contributed by atoms with Crippen molar-refractivity contribution in [2.24, 2.45) is 0 Å². The number of methoxy groups -OCH3 is 1. The second-order valence-corrected chi connectivity index (χ2v) is 6.60. The molecule has 3 aromatic carbocycles. The maximum Gasteiger partial charge on any atom is 0.336 e. The number of carbonyl (C=O) groups excluding carboxylic acids is 2. The molecule has 0 aliphatic carbocycles. The molecule has 3 rings (SSSR count). The molecule has 160 valence electrons. The monoisotopic (exact) mass is 429 g/mol. The van der Waals surface area contributed by atoms with Crippen LogP contribution in [-0.4, -0.2) is 23.8 Å². The second kappa shape index (κ2) is 10.5. The Labute approximate surface area is 184 Å². The van der Waals surface area contributed by atoms with E-state index in [2.05, 4.69) is 0 Å². The molecule has 32 heavy (non-hydrogen) atoms. The third-order valence-electron chi connectivity index (χ3n) is 4.39. The van der Waals surface area contributed by atoms with E-state index < -0.39 is 10.9 Å². The summed E-state index contributed by atoms with van der Waals surface area (Å²) < 4.78 is 10.4. The lowest BCUT2D eigenvalue weighted by molar-refractivity contribution is -0.384.